The smallest absolute Gasteiger partial charge is 0.320 e. The number of esters is 1. The molecule has 156 valence electrons. The van der Waals surface area contributed by atoms with E-state index in [-0.39, 0.29) is 5.91 Å². The molecule has 0 unspecified atom stereocenters. The van der Waals surface area contributed by atoms with E-state index < -0.39 is 17.9 Å². The van der Waals surface area contributed by atoms with Crippen LogP contribution in [0.25, 0.3) is 0 Å². The number of hydrogen-bond acceptors (Lipinski definition) is 6. The molecule has 0 spiro atoms. The summed E-state index contributed by atoms with van der Waals surface area (Å²) in [6, 6.07) is 19.2. The van der Waals surface area contributed by atoms with Gasteiger partial charge >= 0.3 is 5.97 Å². The van der Waals surface area contributed by atoms with E-state index in [1.807, 2.05) is 36.4 Å². The maximum atomic E-state index is 12.8. The van der Waals surface area contributed by atoms with E-state index in [0.29, 0.717) is 5.96 Å². The van der Waals surface area contributed by atoms with Gasteiger partial charge in [-0.2, -0.15) is 0 Å². The minimum Gasteiger partial charge on any atom is -0.468 e. The second-order valence-corrected chi connectivity index (χ2v) is 7.55. The van der Waals surface area contributed by atoms with Gasteiger partial charge in [-0.25, -0.2) is 4.99 Å². The molecule has 0 saturated carbocycles. The van der Waals surface area contributed by atoms with Gasteiger partial charge in [-0.1, -0.05) is 60.7 Å². The van der Waals surface area contributed by atoms with Crippen LogP contribution in [0.3, 0.4) is 0 Å². The number of guanidine groups is 1. The molecule has 2 aliphatic rings. The molecule has 4 rings (SSSR count). The molecule has 30 heavy (non-hydrogen) atoms. The fourth-order valence-corrected chi connectivity index (χ4v) is 3.97. The van der Waals surface area contributed by atoms with Crippen LogP contribution in [-0.4, -0.2) is 60.9 Å². The predicted octanol–water partition coefficient (Wildman–Crippen LogP) is 1.82. The molecule has 2 aliphatic heterocycles. The number of rotatable bonds is 4. The number of amides is 1. The number of carbonyl (C=O) groups is 2. The van der Waals surface area contributed by atoms with Crippen LogP contribution in [0.15, 0.2) is 65.7 Å². The van der Waals surface area contributed by atoms with Gasteiger partial charge in [0.2, 0.25) is 11.9 Å². The first-order valence-electron chi connectivity index (χ1n) is 10.2. The highest BCUT2D eigenvalue weighted by molar-refractivity contribution is 6.08. The minimum atomic E-state index is -0.986. The van der Waals surface area contributed by atoms with E-state index in [4.69, 9.17) is 9.73 Å². The number of piperazine rings is 1. The van der Waals surface area contributed by atoms with Crippen molar-refractivity contribution < 1.29 is 14.3 Å². The third-order valence-electron chi connectivity index (χ3n) is 5.61. The van der Waals surface area contributed by atoms with Crippen molar-refractivity contribution in [2.75, 3.05) is 33.3 Å². The Kier molecular flexibility index (Phi) is 6.09. The Morgan fingerprint density at radius 1 is 1.03 bits per heavy atom. The van der Waals surface area contributed by atoms with Crippen LogP contribution in [0, 0.1) is 5.92 Å². The lowest BCUT2D eigenvalue weighted by Crippen LogP contribution is -2.57. The van der Waals surface area contributed by atoms with Gasteiger partial charge in [-0.05, 0) is 11.1 Å². The van der Waals surface area contributed by atoms with Gasteiger partial charge in [0, 0.05) is 32.7 Å². The fourth-order valence-electron chi connectivity index (χ4n) is 3.97. The van der Waals surface area contributed by atoms with Gasteiger partial charge < -0.3 is 9.64 Å². The first-order chi connectivity index (χ1) is 14.7. The van der Waals surface area contributed by atoms with E-state index in [9.17, 15) is 9.59 Å². The topological polar surface area (TPSA) is 74.2 Å². The molecule has 1 fully saturated rings. The fraction of sp³-hybridized carbons (Fsp3) is 0.348. The standard InChI is InChI=1S/C23H26N4O3/c1-30-22(29)19-20(18-10-6-3-7-11-18)24-23(25-21(19)28)27-14-12-26(13-15-27)16-17-8-4-2-5-9-17/h2-11,19-20H,12-16H2,1H3,(H,24,25,28)/t19-,20+/m0/s1. The summed E-state index contributed by atoms with van der Waals surface area (Å²) in [7, 11) is 1.29. The van der Waals surface area contributed by atoms with E-state index in [2.05, 4.69) is 39.4 Å². The molecular formula is C23H26N4O3. The molecule has 0 aromatic heterocycles. The van der Waals surface area contributed by atoms with Crippen LogP contribution in [0.2, 0.25) is 0 Å². The van der Waals surface area contributed by atoms with E-state index in [1.165, 1.54) is 12.7 Å². The Morgan fingerprint density at radius 2 is 1.67 bits per heavy atom. The molecule has 0 aliphatic carbocycles. The predicted molar refractivity (Wildman–Crippen MR) is 114 cm³/mol. The highest BCUT2D eigenvalue weighted by Crippen LogP contribution is 2.30. The van der Waals surface area contributed by atoms with Crippen molar-refractivity contribution in [3.63, 3.8) is 0 Å². The number of benzene rings is 2. The van der Waals surface area contributed by atoms with E-state index >= 15 is 0 Å². The average Bonchev–Trinajstić information content (AvgIpc) is 2.80. The van der Waals surface area contributed by atoms with Crippen molar-refractivity contribution >= 4 is 17.8 Å². The van der Waals surface area contributed by atoms with Crippen molar-refractivity contribution in [2.24, 2.45) is 10.9 Å². The summed E-state index contributed by atoms with van der Waals surface area (Å²) in [6.07, 6.45) is 0. The molecule has 1 N–H and O–H groups in total. The molecule has 7 nitrogen and oxygen atoms in total. The lowest BCUT2D eigenvalue weighted by Gasteiger charge is -2.39. The number of nitrogens with one attached hydrogen (secondary N) is 1. The van der Waals surface area contributed by atoms with Crippen LogP contribution in [0.5, 0.6) is 0 Å². The number of ether oxygens (including phenoxy) is 1. The molecule has 2 heterocycles. The monoisotopic (exact) mass is 406 g/mol. The number of methoxy groups -OCH3 is 1. The Balaban J connectivity index is 1.49. The van der Waals surface area contributed by atoms with Gasteiger partial charge in [0.15, 0.2) is 5.92 Å². The van der Waals surface area contributed by atoms with Crippen LogP contribution in [0.4, 0.5) is 0 Å². The second-order valence-electron chi connectivity index (χ2n) is 7.55. The van der Waals surface area contributed by atoms with Crippen molar-refractivity contribution in [3.8, 4) is 0 Å². The number of carbonyl (C=O) groups excluding carboxylic acids is 2. The molecular weight excluding hydrogens is 380 g/mol. The van der Waals surface area contributed by atoms with Crippen LogP contribution in [-0.2, 0) is 20.9 Å². The normalized spacial score (nSPS) is 22.2. The zero-order valence-corrected chi connectivity index (χ0v) is 17.0. The molecule has 7 heteroatoms. The number of hydrogen-bond donors (Lipinski definition) is 1. The highest BCUT2D eigenvalue weighted by atomic mass is 16.5. The molecule has 1 saturated heterocycles. The van der Waals surface area contributed by atoms with Crippen molar-refractivity contribution in [3.05, 3.63) is 71.8 Å². The second kappa shape index (κ2) is 9.09. The zero-order valence-electron chi connectivity index (χ0n) is 17.0. The number of nitrogens with zero attached hydrogens (tertiary/aromatic N) is 3. The summed E-state index contributed by atoms with van der Waals surface area (Å²) in [5.41, 5.74) is 2.11. The first kappa shape index (κ1) is 20.1. The van der Waals surface area contributed by atoms with Crippen LogP contribution < -0.4 is 5.32 Å². The Bertz CT molecular complexity index is 909. The maximum absolute atomic E-state index is 12.8. The summed E-state index contributed by atoms with van der Waals surface area (Å²) in [6.45, 7) is 4.18. The average molecular weight is 406 g/mol. The third-order valence-corrected chi connectivity index (χ3v) is 5.61. The van der Waals surface area contributed by atoms with Crippen LogP contribution >= 0.6 is 0 Å². The highest BCUT2D eigenvalue weighted by Gasteiger charge is 2.41. The molecule has 2 aromatic carbocycles. The Labute approximate surface area is 176 Å². The summed E-state index contributed by atoms with van der Waals surface area (Å²) >= 11 is 0. The van der Waals surface area contributed by atoms with Crippen molar-refractivity contribution in [1.82, 2.24) is 15.1 Å². The summed E-state index contributed by atoms with van der Waals surface area (Å²) < 4.78 is 4.87. The summed E-state index contributed by atoms with van der Waals surface area (Å²) in [5, 5.41) is 2.83. The molecule has 2 aromatic rings. The molecule has 1 amide bonds. The van der Waals surface area contributed by atoms with E-state index in [1.54, 1.807) is 0 Å². The molecule has 0 radical (unpaired) electrons. The molecule has 2 atom stereocenters. The van der Waals surface area contributed by atoms with Gasteiger partial charge in [-0.15, -0.1) is 0 Å². The summed E-state index contributed by atoms with van der Waals surface area (Å²) in [5.74, 6) is -1.39. The summed E-state index contributed by atoms with van der Waals surface area (Å²) in [4.78, 5) is 34.3. The van der Waals surface area contributed by atoms with Crippen LogP contribution in [0.1, 0.15) is 17.2 Å². The largest absolute Gasteiger partial charge is 0.468 e. The van der Waals surface area contributed by atoms with Gasteiger partial charge in [-0.3, -0.25) is 19.8 Å². The SMILES string of the molecule is COC(=O)[C@@H]1C(=O)NC(N2CCN(Cc3ccccc3)CC2)=N[C@@H]1c1ccccc1. The zero-order chi connectivity index (χ0) is 20.9. The minimum absolute atomic E-state index is 0.368. The van der Waals surface area contributed by atoms with Gasteiger partial charge in [0.1, 0.15) is 6.04 Å². The van der Waals surface area contributed by atoms with Gasteiger partial charge in [0.25, 0.3) is 0 Å². The maximum Gasteiger partial charge on any atom is 0.320 e. The first-order valence-corrected chi connectivity index (χ1v) is 10.2. The Morgan fingerprint density at radius 3 is 2.30 bits per heavy atom. The lowest BCUT2D eigenvalue weighted by atomic mass is 9.91. The van der Waals surface area contributed by atoms with E-state index in [0.717, 1.165) is 38.3 Å². The van der Waals surface area contributed by atoms with Gasteiger partial charge in [0.05, 0.1) is 7.11 Å². The lowest BCUT2D eigenvalue weighted by molar-refractivity contribution is -0.151. The number of aliphatic imine (C=N–C) groups is 1. The third kappa shape index (κ3) is 4.36. The van der Waals surface area contributed by atoms with Crippen molar-refractivity contribution in [2.45, 2.75) is 12.6 Å². The Hall–Kier alpha value is -3.19. The molecule has 0 bridgehead atoms. The van der Waals surface area contributed by atoms with Crippen molar-refractivity contribution in [1.29, 1.82) is 0 Å². The quantitative estimate of drug-likeness (QED) is 0.619.